The molecule has 1 N–H and O–H groups in total. The van der Waals surface area contributed by atoms with E-state index in [9.17, 15) is 0 Å². The van der Waals surface area contributed by atoms with Gasteiger partial charge < -0.3 is 5.32 Å². The van der Waals surface area contributed by atoms with Crippen molar-refractivity contribution in [3.8, 4) is 17.2 Å². The second-order valence-electron chi connectivity index (χ2n) is 4.62. The number of hydrogen-bond acceptors (Lipinski definition) is 4. The van der Waals surface area contributed by atoms with Crippen molar-refractivity contribution in [2.45, 2.75) is 13.3 Å². The summed E-state index contributed by atoms with van der Waals surface area (Å²) in [5.74, 6) is 3.29. The van der Waals surface area contributed by atoms with Gasteiger partial charge in [0.05, 0.1) is 0 Å². The maximum absolute atomic E-state index is 4.67. The first-order valence-electron chi connectivity index (χ1n) is 6.96. The molecular formula is C16H17N5. The van der Waals surface area contributed by atoms with E-state index in [-0.39, 0.29) is 0 Å². The Hall–Kier alpha value is -2.69. The number of hydrogen-bond donors (Lipinski definition) is 1. The van der Waals surface area contributed by atoms with Gasteiger partial charge in [-0.1, -0.05) is 37.3 Å². The van der Waals surface area contributed by atoms with E-state index >= 15 is 0 Å². The molecule has 2 heterocycles. The quantitative estimate of drug-likeness (QED) is 0.797. The molecule has 106 valence electrons. The fourth-order valence-electron chi connectivity index (χ4n) is 2.21. The second-order valence-corrected chi connectivity index (χ2v) is 4.62. The van der Waals surface area contributed by atoms with E-state index in [0.29, 0.717) is 5.82 Å². The summed E-state index contributed by atoms with van der Waals surface area (Å²) in [7, 11) is 1.86. The third-order valence-corrected chi connectivity index (χ3v) is 3.28. The normalized spacial score (nSPS) is 10.6. The number of aromatic nitrogens is 4. The summed E-state index contributed by atoms with van der Waals surface area (Å²) in [6, 6.07) is 11.9. The van der Waals surface area contributed by atoms with Gasteiger partial charge in [0.2, 0.25) is 0 Å². The van der Waals surface area contributed by atoms with Crippen LogP contribution in [0.5, 0.6) is 0 Å². The minimum absolute atomic E-state index is 0.702. The third-order valence-electron chi connectivity index (χ3n) is 3.28. The standard InChI is InChI=1S/C16H17N5/c1-3-14-18-9-10-21(14)15-11-13(17-2)19-16(20-15)12-7-5-4-6-8-12/h4-11H,3H2,1-2H3,(H,17,19,20). The number of rotatable bonds is 4. The zero-order valence-corrected chi connectivity index (χ0v) is 12.1. The highest BCUT2D eigenvalue weighted by molar-refractivity contribution is 5.59. The average molecular weight is 279 g/mol. The Balaban J connectivity index is 2.14. The zero-order chi connectivity index (χ0) is 14.7. The van der Waals surface area contributed by atoms with Gasteiger partial charge in [-0.25, -0.2) is 15.0 Å². The van der Waals surface area contributed by atoms with Crippen molar-refractivity contribution < 1.29 is 0 Å². The van der Waals surface area contributed by atoms with Gasteiger partial charge >= 0.3 is 0 Å². The molecule has 0 saturated heterocycles. The number of imidazole rings is 1. The number of nitrogens with zero attached hydrogens (tertiary/aromatic N) is 4. The summed E-state index contributed by atoms with van der Waals surface area (Å²) in [5.41, 5.74) is 0.994. The molecule has 5 heteroatoms. The summed E-state index contributed by atoms with van der Waals surface area (Å²) < 4.78 is 2.00. The van der Waals surface area contributed by atoms with Crippen molar-refractivity contribution in [2.75, 3.05) is 12.4 Å². The van der Waals surface area contributed by atoms with E-state index in [1.807, 2.05) is 54.2 Å². The summed E-state index contributed by atoms with van der Waals surface area (Å²) >= 11 is 0. The maximum Gasteiger partial charge on any atom is 0.163 e. The van der Waals surface area contributed by atoms with Gasteiger partial charge in [-0.3, -0.25) is 4.57 Å². The van der Waals surface area contributed by atoms with Crippen molar-refractivity contribution in [1.29, 1.82) is 0 Å². The Labute approximate surface area is 123 Å². The smallest absolute Gasteiger partial charge is 0.163 e. The van der Waals surface area contributed by atoms with Crippen molar-refractivity contribution in [2.24, 2.45) is 0 Å². The fourth-order valence-corrected chi connectivity index (χ4v) is 2.21. The van der Waals surface area contributed by atoms with Gasteiger partial charge in [0, 0.05) is 37.5 Å². The summed E-state index contributed by atoms with van der Waals surface area (Å²) in [6.45, 7) is 2.08. The SMILES string of the molecule is CCc1nccn1-c1cc(NC)nc(-c2ccccc2)n1. The topological polar surface area (TPSA) is 55.6 Å². The summed E-state index contributed by atoms with van der Waals surface area (Å²) in [4.78, 5) is 13.6. The largest absolute Gasteiger partial charge is 0.373 e. The summed E-state index contributed by atoms with van der Waals surface area (Å²) in [5, 5.41) is 3.09. The van der Waals surface area contributed by atoms with Crippen LogP contribution in [0.3, 0.4) is 0 Å². The van der Waals surface area contributed by atoms with Crippen molar-refractivity contribution in [1.82, 2.24) is 19.5 Å². The highest BCUT2D eigenvalue weighted by Gasteiger charge is 2.10. The first-order valence-corrected chi connectivity index (χ1v) is 6.96. The van der Waals surface area contributed by atoms with E-state index in [2.05, 4.69) is 27.2 Å². The van der Waals surface area contributed by atoms with Crippen LogP contribution >= 0.6 is 0 Å². The Morgan fingerprint density at radius 1 is 1.14 bits per heavy atom. The molecule has 0 atom stereocenters. The van der Waals surface area contributed by atoms with Crippen LogP contribution in [0.15, 0.2) is 48.8 Å². The second kappa shape index (κ2) is 5.75. The lowest BCUT2D eigenvalue weighted by atomic mass is 10.2. The van der Waals surface area contributed by atoms with Gasteiger partial charge in [-0.15, -0.1) is 0 Å². The van der Waals surface area contributed by atoms with E-state index in [0.717, 1.165) is 29.4 Å². The molecule has 3 rings (SSSR count). The molecule has 0 unspecified atom stereocenters. The molecule has 0 radical (unpaired) electrons. The van der Waals surface area contributed by atoms with Crippen LogP contribution in [0.2, 0.25) is 0 Å². The lowest BCUT2D eigenvalue weighted by Gasteiger charge is -2.10. The summed E-state index contributed by atoms with van der Waals surface area (Å²) in [6.07, 6.45) is 4.57. The van der Waals surface area contributed by atoms with Crippen LogP contribution in [0, 0.1) is 0 Å². The molecule has 21 heavy (non-hydrogen) atoms. The molecule has 0 amide bonds. The monoisotopic (exact) mass is 279 g/mol. The van der Waals surface area contributed by atoms with Crippen molar-refractivity contribution in [3.63, 3.8) is 0 Å². The molecule has 2 aromatic heterocycles. The van der Waals surface area contributed by atoms with Crippen LogP contribution in [0.1, 0.15) is 12.7 Å². The third kappa shape index (κ3) is 2.63. The predicted molar refractivity (Wildman–Crippen MR) is 83.5 cm³/mol. The van der Waals surface area contributed by atoms with E-state index in [4.69, 9.17) is 0 Å². The molecule has 0 bridgehead atoms. The Morgan fingerprint density at radius 2 is 1.95 bits per heavy atom. The highest BCUT2D eigenvalue weighted by atomic mass is 15.1. The zero-order valence-electron chi connectivity index (χ0n) is 12.1. The lowest BCUT2D eigenvalue weighted by molar-refractivity contribution is 0.863. The molecule has 0 fully saturated rings. The van der Waals surface area contributed by atoms with Crippen LogP contribution in [0.4, 0.5) is 5.82 Å². The predicted octanol–water partition coefficient (Wildman–Crippen LogP) is 2.93. The minimum atomic E-state index is 0.702. The Kier molecular flexibility index (Phi) is 3.64. The van der Waals surface area contributed by atoms with Gasteiger partial charge in [0.15, 0.2) is 5.82 Å². The number of nitrogens with one attached hydrogen (secondary N) is 1. The number of aryl methyl sites for hydroxylation is 1. The van der Waals surface area contributed by atoms with Crippen molar-refractivity contribution in [3.05, 3.63) is 54.6 Å². The molecule has 0 aliphatic carbocycles. The molecule has 3 aromatic rings. The minimum Gasteiger partial charge on any atom is -0.373 e. The Bertz CT molecular complexity index is 733. The molecular weight excluding hydrogens is 262 g/mol. The van der Waals surface area contributed by atoms with Crippen molar-refractivity contribution >= 4 is 5.82 Å². The number of anilines is 1. The highest BCUT2D eigenvalue weighted by Crippen LogP contribution is 2.20. The van der Waals surface area contributed by atoms with Gasteiger partial charge in [-0.05, 0) is 0 Å². The molecule has 0 spiro atoms. The molecule has 1 aromatic carbocycles. The van der Waals surface area contributed by atoms with Gasteiger partial charge in [0.25, 0.3) is 0 Å². The van der Waals surface area contributed by atoms with Crippen LogP contribution in [-0.2, 0) is 6.42 Å². The molecule has 0 aliphatic rings. The Morgan fingerprint density at radius 3 is 2.67 bits per heavy atom. The molecule has 0 aliphatic heterocycles. The molecule has 0 saturated carbocycles. The van der Waals surface area contributed by atoms with E-state index in [1.165, 1.54) is 0 Å². The number of benzene rings is 1. The first kappa shape index (κ1) is 13.3. The van der Waals surface area contributed by atoms with Gasteiger partial charge in [0.1, 0.15) is 17.5 Å². The van der Waals surface area contributed by atoms with Crippen LogP contribution < -0.4 is 5.32 Å². The molecule has 5 nitrogen and oxygen atoms in total. The van der Waals surface area contributed by atoms with Gasteiger partial charge in [-0.2, -0.15) is 0 Å². The van der Waals surface area contributed by atoms with Crippen LogP contribution in [-0.4, -0.2) is 26.6 Å². The van der Waals surface area contributed by atoms with E-state index < -0.39 is 0 Å². The maximum atomic E-state index is 4.67. The average Bonchev–Trinajstić information content (AvgIpc) is 3.04. The fraction of sp³-hybridized carbons (Fsp3) is 0.188. The van der Waals surface area contributed by atoms with E-state index in [1.54, 1.807) is 6.20 Å². The van der Waals surface area contributed by atoms with Crippen LogP contribution in [0.25, 0.3) is 17.2 Å². The lowest BCUT2D eigenvalue weighted by Crippen LogP contribution is -2.06. The first-order chi connectivity index (χ1) is 10.3.